The van der Waals surface area contributed by atoms with E-state index >= 15 is 0 Å². The zero-order valence-corrected chi connectivity index (χ0v) is 13.2. The standard InChI is InChI=1S/C17H24N2O2/c1-5-21-13-8-6-12(7-9-13)15-18-11(2)16(20)19(15)14-10-17(14,3)4/h6-9,11,14-15,18H,5,10H2,1-4H3. The Bertz CT molecular complexity index is 538. The van der Waals surface area contributed by atoms with Crippen molar-refractivity contribution < 1.29 is 9.53 Å². The van der Waals surface area contributed by atoms with Crippen LogP contribution in [-0.4, -0.2) is 29.5 Å². The first-order valence-electron chi connectivity index (χ1n) is 7.75. The van der Waals surface area contributed by atoms with E-state index in [0.29, 0.717) is 12.6 Å². The summed E-state index contributed by atoms with van der Waals surface area (Å²) in [5.74, 6) is 1.08. The number of nitrogens with zero attached hydrogens (tertiary/aromatic N) is 1. The molecule has 0 spiro atoms. The molecular formula is C17H24N2O2. The zero-order valence-electron chi connectivity index (χ0n) is 13.2. The van der Waals surface area contributed by atoms with Gasteiger partial charge in [-0.2, -0.15) is 0 Å². The number of benzene rings is 1. The minimum absolute atomic E-state index is 0.0186. The molecule has 4 nitrogen and oxygen atoms in total. The molecule has 1 aromatic rings. The number of ether oxygens (including phenoxy) is 1. The highest BCUT2D eigenvalue weighted by Gasteiger charge is 2.55. The van der Waals surface area contributed by atoms with E-state index in [1.54, 1.807) is 0 Å². The Morgan fingerprint density at radius 1 is 1.33 bits per heavy atom. The van der Waals surface area contributed by atoms with E-state index in [1.165, 1.54) is 0 Å². The van der Waals surface area contributed by atoms with Crippen molar-refractivity contribution in [3.8, 4) is 5.75 Å². The summed E-state index contributed by atoms with van der Waals surface area (Å²) in [6, 6.07) is 8.29. The molecule has 1 aromatic carbocycles. The average Bonchev–Trinajstić information content (AvgIpc) is 2.96. The van der Waals surface area contributed by atoms with Gasteiger partial charge in [-0.3, -0.25) is 10.1 Å². The third-order valence-electron chi connectivity index (χ3n) is 4.61. The van der Waals surface area contributed by atoms with E-state index in [9.17, 15) is 4.79 Å². The normalized spacial score (nSPS) is 30.6. The Labute approximate surface area is 126 Å². The monoisotopic (exact) mass is 288 g/mol. The topological polar surface area (TPSA) is 41.6 Å². The fourth-order valence-electron chi connectivity index (χ4n) is 3.16. The van der Waals surface area contributed by atoms with E-state index in [-0.39, 0.29) is 23.5 Å². The van der Waals surface area contributed by atoms with Crippen molar-refractivity contribution in [2.45, 2.75) is 52.4 Å². The molecule has 1 N–H and O–H groups in total. The minimum Gasteiger partial charge on any atom is -0.494 e. The molecule has 1 saturated heterocycles. The molecule has 0 bridgehead atoms. The SMILES string of the molecule is CCOc1ccc(C2NC(C)C(=O)N2C2CC2(C)C)cc1. The number of hydrogen-bond donors (Lipinski definition) is 1. The van der Waals surface area contributed by atoms with Gasteiger partial charge in [0.05, 0.1) is 12.6 Å². The van der Waals surface area contributed by atoms with Crippen LogP contribution in [0.25, 0.3) is 0 Å². The fourth-order valence-corrected chi connectivity index (χ4v) is 3.16. The van der Waals surface area contributed by atoms with Crippen LogP contribution in [0.5, 0.6) is 5.75 Å². The van der Waals surface area contributed by atoms with Crippen molar-refractivity contribution in [1.82, 2.24) is 10.2 Å². The van der Waals surface area contributed by atoms with Gasteiger partial charge < -0.3 is 9.64 Å². The lowest BCUT2D eigenvalue weighted by Crippen LogP contribution is -2.34. The smallest absolute Gasteiger partial charge is 0.241 e. The first-order chi connectivity index (χ1) is 9.94. The van der Waals surface area contributed by atoms with Crippen molar-refractivity contribution >= 4 is 5.91 Å². The van der Waals surface area contributed by atoms with Gasteiger partial charge in [-0.1, -0.05) is 26.0 Å². The summed E-state index contributed by atoms with van der Waals surface area (Å²) in [4.78, 5) is 14.5. The van der Waals surface area contributed by atoms with Gasteiger partial charge in [0.1, 0.15) is 11.9 Å². The lowest BCUT2D eigenvalue weighted by Gasteiger charge is -2.26. The van der Waals surface area contributed by atoms with Crippen LogP contribution in [0.4, 0.5) is 0 Å². The van der Waals surface area contributed by atoms with Gasteiger partial charge in [-0.15, -0.1) is 0 Å². The van der Waals surface area contributed by atoms with Crippen molar-refractivity contribution in [2.24, 2.45) is 5.41 Å². The molecule has 0 radical (unpaired) electrons. The number of hydrogen-bond acceptors (Lipinski definition) is 3. The highest BCUT2D eigenvalue weighted by Crippen LogP contribution is 2.51. The number of nitrogens with one attached hydrogen (secondary N) is 1. The van der Waals surface area contributed by atoms with Crippen LogP contribution in [0, 0.1) is 5.41 Å². The van der Waals surface area contributed by atoms with E-state index in [2.05, 4.69) is 31.3 Å². The van der Waals surface area contributed by atoms with E-state index < -0.39 is 0 Å². The van der Waals surface area contributed by atoms with Crippen molar-refractivity contribution in [3.05, 3.63) is 29.8 Å². The Balaban J connectivity index is 1.84. The predicted molar refractivity (Wildman–Crippen MR) is 82.0 cm³/mol. The summed E-state index contributed by atoms with van der Waals surface area (Å²) in [6.45, 7) is 9.04. The molecule has 1 saturated carbocycles. The molecule has 2 fully saturated rings. The Morgan fingerprint density at radius 2 is 1.95 bits per heavy atom. The Hall–Kier alpha value is -1.55. The van der Waals surface area contributed by atoms with E-state index in [0.717, 1.165) is 17.7 Å². The second-order valence-electron chi connectivity index (χ2n) is 6.75. The fraction of sp³-hybridized carbons (Fsp3) is 0.588. The average molecular weight is 288 g/mol. The molecule has 0 aromatic heterocycles. The second kappa shape index (κ2) is 5.02. The zero-order chi connectivity index (χ0) is 15.2. The lowest BCUT2D eigenvalue weighted by molar-refractivity contribution is -0.130. The molecule has 1 aliphatic carbocycles. The summed E-state index contributed by atoms with van der Waals surface area (Å²) in [6.07, 6.45) is 1.07. The largest absolute Gasteiger partial charge is 0.494 e. The maximum atomic E-state index is 12.5. The summed E-state index contributed by atoms with van der Waals surface area (Å²) in [7, 11) is 0. The van der Waals surface area contributed by atoms with E-state index in [1.807, 2.05) is 30.9 Å². The van der Waals surface area contributed by atoms with Crippen LogP contribution in [0.2, 0.25) is 0 Å². The molecule has 3 unspecified atom stereocenters. The van der Waals surface area contributed by atoms with Crippen LogP contribution in [0.1, 0.15) is 45.8 Å². The third kappa shape index (κ3) is 2.53. The first kappa shape index (κ1) is 14.4. The highest BCUT2D eigenvalue weighted by molar-refractivity contribution is 5.85. The summed E-state index contributed by atoms with van der Waals surface area (Å²) in [5, 5.41) is 3.42. The predicted octanol–water partition coefficient (Wildman–Crippen LogP) is 2.70. The van der Waals surface area contributed by atoms with Gasteiger partial charge in [0, 0.05) is 6.04 Å². The van der Waals surface area contributed by atoms with Crippen LogP contribution in [-0.2, 0) is 4.79 Å². The first-order valence-corrected chi connectivity index (χ1v) is 7.75. The maximum Gasteiger partial charge on any atom is 0.241 e. The maximum absolute atomic E-state index is 12.5. The molecule has 4 heteroatoms. The van der Waals surface area contributed by atoms with Gasteiger partial charge in [-0.05, 0) is 43.4 Å². The van der Waals surface area contributed by atoms with Crippen LogP contribution in [0.15, 0.2) is 24.3 Å². The van der Waals surface area contributed by atoms with Gasteiger partial charge in [0.2, 0.25) is 5.91 Å². The van der Waals surface area contributed by atoms with Crippen LogP contribution in [0.3, 0.4) is 0 Å². The molecule has 21 heavy (non-hydrogen) atoms. The van der Waals surface area contributed by atoms with Gasteiger partial charge in [0.25, 0.3) is 0 Å². The summed E-state index contributed by atoms with van der Waals surface area (Å²) >= 11 is 0. The molecule has 3 rings (SSSR count). The van der Waals surface area contributed by atoms with E-state index in [4.69, 9.17) is 4.74 Å². The Kier molecular flexibility index (Phi) is 3.44. The van der Waals surface area contributed by atoms with Gasteiger partial charge in [-0.25, -0.2) is 0 Å². The number of carbonyl (C=O) groups is 1. The number of rotatable bonds is 4. The van der Waals surface area contributed by atoms with Gasteiger partial charge in [0.15, 0.2) is 0 Å². The quantitative estimate of drug-likeness (QED) is 0.926. The number of amides is 1. The summed E-state index contributed by atoms with van der Waals surface area (Å²) in [5.41, 5.74) is 1.36. The molecule has 1 amide bonds. The molecular weight excluding hydrogens is 264 g/mol. The third-order valence-corrected chi connectivity index (χ3v) is 4.61. The van der Waals surface area contributed by atoms with Crippen molar-refractivity contribution in [1.29, 1.82) is 0 Å². The van der Waals surface area contributed by atoms with Crippen LogP contribution < -0.4 is 10.1 Å². The van der Waals surface area contributed by atoms with Crippen molar-refractivity contribution in [3.63, 3.8) is 0 Å². The molecule has 1 heterocycles. The lowest BCUT2D eigenvalue weighted by atomic mass is 10.1. The summed E-state index contributed by atoms with van der Waals surface area (Å²) < 4.78 is 5.48. The Morgan fingerprint density at radius 3 is 2.48 bits per heavy atom. The van der Waals surface area contributed by atoms with Gasteiger partial charge >= 0.3 is 0 Å². The van der Waals surface area contributed by atoms with Crippen LogP contribution >= 0.6 is 0 Å². The number of carbonyl (C=O) groups excluding carboxylic acids is 1. The van der Waals surface area contributed by atoms with Crippen molar-refractivity contribution in [2.75, 3.05) is 6.61 Å². The minimum atomic E-state index is -0.113. The molecule has 1 aliphatic heterocycles. The molecule has 114 valence electrons. The second-order valence-corrected chi connectivity index (χ2v) is 6.75. The molecule has 3 atom stereocenters. The highest BCUT2D eigenvalue weighted by atomic mass is 16.5. The molecule has 2 aliphatic rings.